The number of amides is 1. The molecule has 7 heteroatoms. The minimum absolute atomic E-state index is 0.0723. The number of carbonyl (C=O) groups excluding carboxylic acids is 1. The van der Waals surface area contributed by atoms with Crippen LogP contribution in [0.15, 0.2) is 30.5 Å². The van der Waals surface area contributed by atoms with Gasteiger partial charge in [-0.05, 0) is 42.7 Å². The molecule has 7 nitrogen and oxygen atoms in total. The molecule has 0 saturated heterocycles. The molecular formula is C17H24N6O. The molecule has 2 heterocycles. The van der Waals surface area contributed by atoms with E-state index in [2.05, 4.69) is 31.1 Å². The maximum atomic E-state index is 11.5. The molecular weight excluding hydrogens is 304 g/mol. The highest BCUT2D eigenvalue weighted by molar-refractivity contribution is 5.76. The summed E-state index contributed by atoms with van der Waals surface area (Å²) in [4.78, 5) is 15.7. The zero-order valence-corrected chi connectivity index (χ0v) is 14.3. The number of carbonyl (C=O) groups is 1. The summed E-state index contributed by atoms with van der Waals surface area (Å²) in [5.74, 6) is 2.47. The highest BCUT2D eigenvalue weighted by Gasteiger charge is 2.04. The van der Waals surface area contributed by atoms with Gasteiger partial charge in [0.2, 0.25) is 5.91 Å². The lowest BCUT2D eigenvalue weighted by molar-refractivity contribution is -0.121. The summed E-state index contributed by atoms with van der Waals surface area (Å²) in [5.41, 5.74) is 1.12. The molecule has 0 spiro atoms. The van der Waals surface area contributed by atoms with Crippen molar-refractivity contribution < 1.29 is 4.79 Å². The maximum absolute atomic E-state index is 11.5. The number of nitrogens with one attached hydrogen (secondary N) is 3. The van der Waals surface area contributed by atoms with E-state index in [0.29, 0.717) is 37.1 Å². The number of anilines is 3. The molecule has 2 aromatic heterocycles. The van der Waals surface area contributed by atoms with Gasteiger partial charge in [0.1, 0.15) is 11.6 Å². The van der Waals surface area contributed by atoms with Gasteiger partial charge in [0.15, 0.2) is 5.82 Å². The first-order chi connectivity index (χ1) is 11.5. The first-order valence-corrected chi connectivity index (χ1v) is 8.07. The summed E-state index contributed by atoms with van der Waals surface area (Å²) in [5, 5.41) is 17.3. The molecule has 24 heavy (non-hydrogen) atoms. The summed E-state index contributed by atoms with van der Waals surface area (Å²) in [6.45, 7) is 7.21. The SMILES string of the molecule is Cc1ccnc(Nc2ccc(NCCNC(=O)CC(C)C)nn2)c1. The minimum Gasteiger partial charge on any atom is -0.367 e. The second kappa shape index (κ2) is 8.81. The number of hydrogen-bond acceptors (Lipinski definition) is 6. The number of pyridine rings is 1. The van der Waals surface area contributed by atoms with Crippen LogP contribution >= 0.6 is 0 Å². The fraction of sp³-hybridized carbons (Fsp3) is 0.412. The average Bonchev–Trinajstić information content (AvgIpc) is 2.52. The molecule has 0 atom stereocenters. The van der Waals surface area contributed by atoms with E-state index in [1.807, 2.05) is 45.0 Å². The van der Waals surface area contributed by atoms with Gasteiger partial charge >= 0.3 is 0 Å². The summed E-state index contributed by atoms with van der Waals surface area (Å²) in [6.07, 6.45) is 2.29. The lowest BCUT2D eigenvalue weighted by Crippen LogP contribution is -2.29. The molecule has 3 N–H and O–H groups in total. The highest BCUT2D eigenvalue weighted by atomic mass is 16.1. The minimum atomic E-state index is 0.0723. The highest BCUT2D eigenvalue weighted by Crippen LogP contribution is 2.13. The van der Waals surface area contributed by atoms with Crippen LogP contribution in [0.3, 0.4) is 0 Å². The molecule has 0 bridgehead atoms. The molecule has 0 radical (unpaired) electrons. The van der Waals surface area contributed by atoms with Crippen LogP contribution in [0.1, 0.15) is 25.8 Å². The van der Waals surface area contributed by atoms with Crippen molar-refractivity contribution in [3.8, 4) is 0 Å². The lowest BCUT2D eigenvalue weighted by Gasteiger charge is -2.09. The van der Waals surface area contributed by atoms with Crippen molar-refractivity contribution in [2.45, 2.75) is 27.2 Å². The van der Waals surface area contributed by atoms with Crippen molar-refractivity contribution in [2.24, 2.45) is 5.92 Å². The Kier molecular flexibility index (Phi) is 6.48. The smallest absolute Gasteiger partial charge is 0.220 e. The van der Waals surface area contributed by atoms with Crippen molar-refractivity contribution in [1.29, 1.82) is 0 Å². The van der Waals surface area contributed by atoms with Crippen molar-refractivity contribution in [3.63, 3.8) is 0 Å². The predicted molar refractivity (Wildman–Crippen MR) is 95.2 cm³/mol. The number of hydrogen-bond donors (Lipinski definition) is 3. The van der Waals surface area contributed by atoms with Crippen molar-refractivity contribution in [3.05, 3.63) is 36.0 Å². The average molecular weight is 328 g/mol. The monoisotopic (exact) mass is 328 g/mol. The molecule has 0 unspecified atom stereocenters. The van der Waals surface area contributed by atoms with E-state index < -0.39 is 0 Å². The van der Waals surface area contributed by atoms with E-state index in [0.717, 1.165) is 11.4 Å². The number of rotatable bonds is 8. The summed E-state index contributed by atoms with van der Waals surface area (Å²) in [7, 11) is 0. The van der Waals surface area contributed by atoms with E-state index in [-0.39, 0.29) is 5.91 Å². The maximum Gasteiger partial charge on any atom is 0.220 e. The summed E-state index contributed by atoms with van der Waals surface area (Å²) in [6, 6.07) is 7.54. The standard InChI is InChI=1S/C17H24N6O/c1-12(2)10-17(24)20-9-8-19-14-4-5-15(23-22-14)21-16-11-13(3)6-7-18-16/h4-7,11-12H,8-10H2,1-3H3,(H,19,22)(H,20,24)(H,18,21,23). The van der Waals surface area contributed by atoms with Crippen molar-refractivity contribution >= 4 is 23.4 Å². The van der Waals surface area contributed by atoms with Gasteiger partial charge in [-0.15, -0.1) is 10.2 Å². The molecule has 0 aromatic carbocycles. The van der Waals surface area contributed by atoms with Gasteiger partial charge in [-0.25, -0.2) is 4.98 Å². The van der Waals surface area contributed by atoms with E-state index in [9.17, 15) is 4.79 Å². The van der Waals surface area contributed by atoms with Gasteiger partial charge in [-0.3, -0.25) is 4.79 Å². The van der Waals surface area contributed by atoms with Crippen molar-refractivity contribution in [2.75, 3.05) is 23.7 Å². The zero-order chi connectivity index (χ0) is 17.4. The van der Waals surface area contributed by atoms with Crippen LogP contribution in [-0.4, -0.2) is 34.2 Å². The van der Waals surface area contributed by atoms with Crippen LogP contribution < -0.4 is 16.0 Å². The first kappa shape index (κ1) is 17.7. The van der Waals surface area contributed by atoms with Gasteiger partial charge in [0.05, 0.1) is 0 Å². The molecule has 0 aliphatic heterocycles. The second-order valence-corrected chi connectivity index (χ2v) is 6.02. The molecule has 0 aliphatic rings. The first-order valence-electron chi connectivity index (χ1n) is 8.07. The van der Waals surface area contributed by atoms with Gasteiger partial charge in [-0.2, -0.15) is 0 Å². The molecule has 128 valence electrons. The van der Waals surface area contributed by atoms with E-state index >= 15 is 0 Å². The molecule has 2 rings (SSSR count). The van der Waals surface area contributed by atoms with Crippen LogP contribution in [-0.2, 0) is 4.79 Å². The van der Waals surface area contributed by atoms with Gasteiger partial charge in [0.25, 0.3) is 0 Å². The fourth-order valence-corrected chi connectivity index (χ4v) is 2.06. The Balaban J connectivity index is 1.75. The Labute approximate surface area is 142 Å². The number of aryl methyl sites for hydroxylation is 1. The predicted octanol–water partition coefficient (Wildman–Crippen LogP) is 2.50. The Bertz CT molecular complexity index is 656. The van der Waals surface area contributed by atoms with Gasteiger partial charge in [-0.1, -0.05) is 13.8 Å². The van der Waals surface area contributed by atoms with Crippen molar-refractivity contribution in [1.82, 2.24) is 20.5 Å². The lowest BCUT2D eigenvalue weighted by atomic mass is 10.1. The third kappa shape index (κ3) is 6.20. The molecule has 2 aromatic rings. The third-order valence-corrected chi connectivity index (χ3v) is 3.18. The topological polar surface area (TPSA) is 91.8 Å². The van der Waals surface area contributed by atoms with E-state index in [1.165, 1.54) is 0 Å². The summed E-state index contributed by atoms with van der Waals surface area (Å²) >= 11 is 0. The van der Waals surface area contributed by atoms with Gasteiger partial charge < -0.3 is 16.0 Å². The van der Waals surface area contributed by atoms with Crippen LogP contribution in [0.5, 0.6) is 0 Å². The van der Waals surface area contributed by atoms with E-state index in [1.54, 1.807) is 6.20 Å². The number of nitrogens with zero attached hydrogens (tertiary/aromatic N) is 3. The molecule has 0 saturated carbocycles. The summed E-state index contributed by atoms with van der Waals surface area (Å²) < 4.78 is 0. The molecule has 1 amide bonds. The third-order valence-electron chi connectivity index (χ3n) is 3.18. The van der Waals surface area contributed by atoms with Crippen LogP contribution in [0.4, 0.5) is 17.5 Å². The fourth-order valence-electron chi connectivity index (χ4n) is 2.06. The molecule has 0 fully saturated rings. The Hall–Kier alpha value is -2.70. The second-order valence-electron chi connectivity index (χ2n) is 6.02. The van der Waals surface area contributed by atoms with E-state index in [4.69, 9.17) is 0 Å². The molecule has 0 aliphatic carbocycles. The zero-order valence-electron chi connectivity index (χ0n) is 14.3. The van der Waals surface area contributed by atoms with Crippen LogP contribution in [0.25, 0.3) is 0 Å². The largest absolute Gasteiger partial charge is 0.367 e. The normalized spacial score (nSPS) is 10.5. The Morgan fingerprint density at radius 1 is 1.08 bits per heavy atom. The van der Waals surface area contributed by atoms with Crippen LogP contribution in [0.2, 0.25) is 0 Å². The van der Waals surface area contributed by atoms with Crippen LogP contribution in [0, 0.1) is 12.8 Å². The quantitative estimate of drug-likeness (QED) is 0.645. The number of aromatic nitrogens is 3. The van der Waals surface area contributed by atoms with Gasteiger partial charge in [0, 0.05) is 25.7 Å². The Morgan fingerprint density at radius 3 is 2.50 bits per heavy atom. The Morgan fingerprint density at radius 2 is 1.83 bits per heavy atom.